The summed E-state index contributed by atoms with van der Waals surface area (Å²) in [4.78, 5) is 14.6. The fourth-order valence-electron chi connectivity index (χ4n) is 1.75. The van der Waals surface area contributed by atoms with Crippen LogP contribution in [0.5, 0.6) is 0 Å². The van der Waals surface area contributed by atoms with Gasteiger partial charge in [-0.25, -0.2) is 0 Å². The lowest BCUT2D eigenvalue weighted by Crippen LogP contribution is -2.33. The van der Waals surface area contributed by atoms with E-state index in [1.165, 1.54) is 0 Å². The van der Waals surface area contributed by atoms with Crippen LogP contribution in [0.3, 0.4) is 0 Å². The lowest BCUT2D eigenvalue weighted by atomic mass is 9.99. The normalized spacial score (nSPS) is 19.8. The number of hydrogen-bond donors (Lipinski definition) is 2. The SMILES string of the molecule is NC(=O)c1noc(C2(N)CCCC2)n1. The molecule has 6 nitrogen and oxygen atoms in total. The molecule has 1 saturated carbocycles. The molecule has 0 bridgehead atoms. The van der Waals surface area contributed by atoms with Gasteiger partial charge in [0.15, 0.2) is 0 Å². The molecule has 2 rings (SSSR count). The molecule has 0 aromatic carbocycles. The molecule has 4 N–H and O–H groups in total. The summed E-state index contributed by atoms with van der Waals surface area (Å²) in [5.41, 5.74) is 10.5. The Morgan fingerprint density at radius 2 is 2.07 bits per heavy atom. The molecule has 14 heavy (non-hydrogen) atoms. The topological polar surface area (TPSA) is 108 Å². The molecule has 0 atom stereocenters. The van der Waals surface area contributed by atoms with Crippen LogP contribution in [0.15, 0.2) is 4.52 Å². The van der Waals surface area contributed by atoms with Crippen LogP contribution in [0, 0.1) is 0 Å². The molecule has 1 aliphatic rings. The van der Waals surface area contributed by atoms with E-state index in [1.807, 2.05) is 0 Å². The number of nitrogens with two attached hydrogens (primary N) is 2. The van der Waals surface area contributed by atoms with Gasteiger partial charge in [-0.05, 0) is 12.8 Å². The Balaban J connectivity index is 2.28. The van der Waals surface area contributed by atoms with Gasteiger partial charge in [-0.2, -0.15) is 4.98 Å². The van der Waals surface area contributed by atoms with E-state index in [2.05, 4.69) is 10.1 Å². The lowest BCUT2D eigenvalue weighted by Gasteiger charge is -2.16. The molecule has 1 aliphatic carbocycles. The Morgan fingerprint density at radius 3 is 2.57 bits per heavy atom. The maximum atomic E-state index is 10.7. The van der Waals surface area contributed by atoms with E-state index >= 15 is 0 Å². The zero-order valence-electron chi connectivity index (χ0n) is 7.69. The van der Waals surface area contributed by atoms with Crippen molar-refractivity contribution < 1.29 is 9.32 Å². The van der Waals surface area contributed by atoms with E-state index in [0.29, 0.717) is 5.89 Å². The molecular weight excluding hydrogens is 184 g/mol. The summed E-state index contributed by atoms with van der Waals surface area (Å²) in [6.07, 6.45) is 3.72. The monoisotopic (exact) mass is 196 g/mol. The van der Waals surface area contributed by atoms with Crippen LogP contribution in [-0.4, -0.2) is 16.0 Å². The minimum absolute atomic E-state index is 0.100. The highest BCUT2D eigenvalue weighted by Gasteiger charge is 2.37. The third-order valence-corrected chi connectivity index (χ3v) is 2.57. The van der Waals surface area contributed by atoms with Crippen molar-refractivity contribution in [1.82, 2.24) is 10.1 Å². The zero-order valence-corrected chi connectivity index (χ0v) is 7.69. The number of carbonyl (C=O) groups is 1. The minimum Gasteiger partial charge on any atom is -0.363 e. The summed E-state index contributed by atoms with van der Waals surface area (Å²) in [5, 5.41) is 3.46. The van der Waals surface area contributed by atoms with Gasteiger partial charge in [-0.1, -0.05) is 18.0 Å². The maximum Gasteiger partial charge on any atom is 0.290 e. The van der Waals surface area contributed by atoms with Gasteiger partial charge in [-0.15, -0.1) is 0 Å². The highest BCUT2D eigenvalue weighted by Crippen LogP contribution is 2.35. The molecule has 6 heteroatoms. The van der Waals surface area contributed by atoms with Gasteiger partial charge in [0.05, 0.1) is 5.54 Å². The van der Waals surface area contributed by atoms with Crippen LogP contribution in [0.25, 0.3) is 0 Å². The fraction of sp³-hybridized carbons (Fsp3) is 0.625. The van der Waals surface area contributed by atoms with Crippen molar-refractivity contribution in [3.63, 3.8) is 0 Å². The van der Waals surface area contributed by atoms with E-state index in [0.717, 1.165) is 25.7 Å². The van der Waals surface area contributed by atoms with Crippen molar-refractivity contribution in [2.24, 2.45) is 11.5 Å². The predicted molar refractivity (Wildman–Crippen MR) is 47.1 cm³/mol. The molecule has 0 spiro atoms. The summed E-state index contributed by atoms with van der Waals surface area (Å²) >= 11 is 0. The Bertz CT molecular complexity index is 354. The van der Waals surface area contributed by atoms with Gasteiger partial charge in [0, 0.05) is 0 Å². The van der Waals surface area contributed by atoms with Crippen LogP contribution in [0.2, 0.25) is 0 Å². The largest absolute Gasteiger partial charge is 0.363 e. The fourth-order valence-corrected chi connectivity index (χ4v) is 1.75. The van der Waals surface area contributed by atoms with Crippen LogP contribution in [0.1, 0.15) is 42.2 Å². The molecule has 1 fully saturated rings. The number of nitrogens with zero attached hydrogens (tertiary/aromatic N) is 2. The van der Waals surface area contributed by atoms with Gasteiger partial charge in [0.25, 0.3) is 11.7 Å². The average Bonchev–Trinajstić information content (AvgIpc) is 2.71. The van der Waals surface area contributed by atoms with Gasteiger partial charge < -0.3 is 16.0 Å². The summed E-state index contributed by atoms with van der Waals surface area (Å²) in [7, 11) is 0. The molecule has 0 saturated heterocycles. The van der Waals surface area contributed by atoms with Gasteiger partial charge in [0.2, 0.25) is 5.89 Å². The van der Waals surface area contributed by atoms with Crippen molar-refractivity contribution in [2.75, 3.05) is 0 Å². The Labute approximate surface area is 80.6 Å². The first-order valence-corrected chi connectivity index (χ1v) is 4.55. The van der Waals surface area contributed by atoms with Crippen LogP contribution in [-0.2, 0) is 5.54 Å². The quantitative estimate of drug-likeness (QED) is 0.686. The molecule has 1 amide bonds. The third-order valence-electron chi connectivity index (χ3n) is 2.57. The van der Waals surface area contributed by atoms with Crippen LogP contribution in [0.4, 0.5) is 0 Å². The van der Waals surface area contributed by atoms with Crippen molar-refractivity contribution in [3.8, 4) is 0 Å². The standard InChI is InChI=1S/C8H12N4O2/c9-5(13)6-11-7(14-12-6)8(10)3-1-2-4-8/h1-4,10H2,(H2,9,13). The number of rotatable bonds is 2. The molecule has 0 radical (unpaired) electrons. The van der Waals surface area contributed by atoms with E-state index in [4.69, 9.17) is 16.0 Å². The van der Waals surface area contributed by atoms with Gasteiger partial charge in [-0.3, -0.25) is 4.79 Å². The van der Waals surface area contributed by atoms with E-state index < -0.39 is 11.4 Å². The predicted octanol–water partition coefficient (Wildman–Crippen LogP) is -0.104. The molecule has 1 aromatic heterocycles. The first kappa shape index (κ1) is 9.14. The smallest absolute Gasteiger partial charge is 0.290 e. The Kier molecular flexibility index (Phi) is 1.99. The minimum atomic E-state index is -0.693. The average molecular weight is 196 g/mol. The van der Waals surface area contributed by atoms with Crippen LogP contribution < -0.4 is 11.5 Å². The second kappa shape index (κ2) is 3.06. The summed E-state index contributed by atoms with van der Waals surface area (Å²) in [5.74, 6) is -0.470. The van der Waals surface area contributed by atoms with Crippen molar-refractivity contribution in [3.05, 3.63) is 11.7 Å². The number of aromatic nitrogens is 2. The van der Waals surface area contributed by atoms with Crippen molar-refractivity contribution >= 4 is 5.91 Å². The van der Waals surface area contributed by atoms with E-state index in [-0.39, 0.29) is 5.82 Å². The molecule has 0 unspecified atom stereocenters. The van der Waals surface area contributed by atoms with E-state index in [9.17, 15) is 4.79 Å². The van der Waals surface area contributed by atoms with Crippen molar-refractivity contribution in [2.45, 2.75) is 31.2 Å². The lowest BCUT2D eigenvalue weighted by molar-refractivity contribution is 0.0987. The van der Waals surface area contributed by atoms with Crippen LogP contribution >= 0.6 is 0 Å². The van der Waals surface area contributed by atoms with Crippen molar-refractivity contribution in [1.29, 1.82) is 0 Å². The highest BCUT2D eigenvalue weighted by molar-refractivity contribution is 5.88. The van der Waals surface area contributed by atoms with Gasteiger partial charge in [0.1, 0.15) is 0 Å². The van der Waals surface area contributed by atoms with E-state index in [1.54, 1.807) is 0 Å². The Morgan fingerprint density at radius 1 is 1.43 bits per heavy atom. The first-order chi connectivity index (χ1) is 6.62. The molecule has 0 aliphatic heterocycles. The maximum absolute atomic E-state index is 10.7. The summed E-state index contributed by atoms with van der Waals surface area (Å²) in [6.45, 7) is 0. The number of hydrogen-bond acceptors (Lipinski definition) is 5. The molecular formula is C8H12N4O2. The molecule has 76 valence electrons. The second-order valence-corrected chi connectivity index (χ2v) is 3.65. The Hall–Kier alpha value is -1.43. The summed E-state index contributed by atoms with van der Waals surface area (Å²) < 4.78 is 4.93. The number of primary amides is 1. The third kappa shape index (κ3) is 1.37. The molecule has 1 heterocycles. The highest BCUT2D eigenvalue weighted by atomic mass is 16.5. The number of carbonyl (C=O) groups excluding carboxylic acids is 1. The second-order valence-electron chi connectivity index (χ2n) is 3.65. The zero-order chi connectivity index (χ0) is 10.2. The summed E-state index contributed by atoms with van der Waals surface area (Å²) in [6, 6.07) is 0. The number of amides is 1. The molecule has 1 aromatic rings. The van der Waals surface area contributed by atoms with Gasteiger partial charge >= 0.3 is 0 Å². The first-order valence-electron chi connectivity index (χ1n) is 4.55.